The maximum atomic E-state index is 12.5. The van der Waals surface area contributed by atoms with Gasteiger partial charge >= 0.3 is 5.97 Å². The summed E-state index contributed by atoms with van der Waals surface area (Å²) in [6.45, 7) is -0.258. The molecule has 0 spiro atoms. The summed E-state index contributed by atoms with van der Waals surface area (Å²) >= 11 is 9.07. The van der Waals surface area contributed by atoms with Gasteiger partial charge < -0.3 is 10.2 Å². The maximum absolute atomic E-state index is 12.5. The van der Waals surface area contributed by atoms with E-state index < -0.39 is 28.1 Å². The van der Waals surface area contributed by atoms with Crippen molar-refractivity contribution in [3.8, 4) is 0 Å². The van der Waals surface area contributed by atoms with Gasteiger partial charge in [0.15, 0.2) is 0 Å². The average Bonchev–Trinajstić information content (AvgIpc) is 2.71. The Morgan fingerprint density at radius 3 is 2.65 bits per heavy atom. The minimum absolute atomic E-state index is 0.00935. The predicted molar refractivity (Wildman–Crippen MR) is 75.1 cm³/mol. The Labute approximate surface area is 129 Å². The molecule has 2 N–H and O–H groups in total. The Morgan fingerprint density at radius 2 is 2.10 bits per heavy atom. The molecule has 2 rings (SSSR count). The number of carboxylic acid groups (broad SMARTS) is 1. The molecule has 1 aliphatic rings. The Bertz CT molecular complexity index is 650. The van der Waals surface area contributed by atoms with E-state index in [2.05, 4.69) is 15.9 Å². The molecule has 1 aromatic carbocycles. The van der Waals surface area contributed by atoms with Gasteiger partial charge in [-0.2, -0.15) is 4.31 Å². The Morgan fingerprint density at radius 1 is 1.45 bits per heavy atom. The minimum atomic E-state index is -4.07. The van der Waals surface area contributed by atoms with Gasteiger partial charge in [-0.05, 0) is 18.2 Å². The van der Waals surface area contributed by atoms with Crippen LogP contribution in [0.2, 0.25) is 5.02 Å². The highest BCUT2D eigenvalue weighted by Gasteiger charge is 2.44. The highest BCUT2D eigenvalue weighted by Crippen LogP contribution is 2.32. The third-order valence-electron chi connectivity index (χ3n) is 3.00. The maximum Gasteiger partial charge on any atom is 0.322 e. The lowest BCUT2D eigenvalue weighted by atomic mass is 10.2. The molecule has 9 heteroatoms. The number of carboxylic acids is 1. The number of hydrogen-bond acceptors (Lipinski definition) is 4. The summed E-state index contributed by atoms with van der Waals surface area (Å²) in [6, 6.07) is 2.93. The molecule has 0 unspecified atom stereocenters. The molecular formula is C11H11BrClNO5S. The van der Waals surface area contributed by atoms with Crippen molar-refractivity contribution in [2.75, 3.05) is 6.54 Å². The Kier molecular flexibility index (Phi) is 4.41. The fourth-order valence-electron chi connectivity index (χ4n) is 2.09. The zero-order valence-corrected chi connectivity index (χ0v) is 13.2. The number of aliphatic carboxylic acids is 1. The van der Waals surface area contributed by atoms with Crippen molar-refractivity contribution in [3.05, 3.63) is 27.7 Å². The highest BCUT2D eigenvalue weighted by atomic mass is 79.9. The van der Waals surface area contributed by atoms with E-state index in [0.717, 1.165) is 4.31 Å². The lowest BCUT2D eigenvalue weighted by molar-refractivity contribution is -0.140. The van der Waals surface area contributed by atoms with Crippen LogP contribution >= 0.6 is 27.5 Å². The van der Waals surface area contributed by atoms with Crippen LogP contribution in [0.1, 0.15) is 6.42 Å². The number of sulfonamides is 1. The molecule has 0 aliphatic carbocycles. The first-order chi connectivity index (χ1) is 9.23. The number of aliphatic hydroxyl groups excluding tert-OH is 1. The molecule has 6 nitrogen and oxygen atoms in total. The summed E-state index contributed by atoms with van der Waals surface area (Å²) in [4.78, 5) is 10.9. The number of rotatable bonds is 3. The SMILES string of the molecule is O=C(O)[C@H]1C[C@@H](O)CN1S(=O)(=O)c1ccc(Br)cc1Cl. The van der Waals surface area contributed by atoms with Crippen molar-refractivity contribution in [1.82, 2.24) is 4.31 Å². The largest absolute Gasteiger partial charge is 0.480 e. The molecule has 20 heavy (non-hydrogen) atoms. The van der Waals surface area contributed by atoms with E-state index in [9.17, 15) is 18.3 Å². The van der Waals surface area contributed by atoms with Gasteiger partial charge in [-0.25, -0.2) is 8.42 Å². The molecule has 1 fully saturated rings. The summed E-state index contributed by atoms with van der Waals surface area (Å²) in [5.41, 5.74) is 0. The number of carbonyl (C=O) groups is 1. The first-order valence-corrected chi connectivity index (χ1v) is 8.22. The van der Waals surface area contributed by atoms with E-state index in [0.29, 0.717) is 4.47 Å². The van der Waals surface area contributed by atoms with Gasteiger partial charge in [-0.1, -0.05) is 27.5 Å². The number of nitrogens with zero attached hydrogens (tertiary/aromatic N) is 1. The molecular weight excluding hydrogens is 374 g/mol. The first kappa shape index (κ1) is 15.7. The molecule has 0 radical (unpaired) electrons. The molecule has 1 saturated heterocycles. The Hall–Kier alpha value is -0.670. The van der Waals surface area contributed by atoms with Crippen LogP contribution in [0, 0.1) is 0 Å². The van der Waals surface area contributed by atoms with E-state index >= 15 is 0 Å². The quantitative estimate of drug-likeness (QED) is 0.819. The van der Waals surface area contributed by atoms with E-state index in [1.54, 1.807) is 0 Å². The van der Waals surface area contributed by atoms with Gasteiger partial charge in [0.2, 0.25) is 10.0 Å². The third-order valence-corrected chi connectivity index (χ3v) is 5.85. The number of aliphatic hydroxyl groups is 1. The number of benzene rings is 1. The van der Waals surface area contributed by atoms with Gasteiger partial charge in [-0.3, -0.25) is 4.79 Å². The van der Waals surface area contributed by atoms with Crippen LogP contribution in [0.25, 0.3) is 0 Å². The summed E-state index contributed by atoms with van der Waals surface area (Å²) in [7, 11) is -4.07. The van der Waals surface area contributed by atoms with E-state index in [1.807, 2.05) is 0 Å². The second-order valence-electron chi connectivity index (χ2n) is 4.39. The fraction of sp³-hybridized carbons (Fsp3) is 0.364. The minimum Gasteiger partial charge on any atom is -0.480 e. The van der Waals surface area contributed by atoms with Crippen LogP contribution in [0.4, 0.5) is 0 Å². The standard InChI is InChI=1S/C11H11BrClNO5S/c12-6-1-2-10(8(13)3-6)20(18,19)14-5-7(15)4-9(14)11(16)17/h1-3,7,9,15H,4-5H2,(H,16,17)/t7-,9-/m1/s1. The molecule has 0 bridgehead atoms. The van der Waals surface area contributed by atoms with E-state index in [4.69, 9.17) is 16.7 Å². The molecule has 0 amide bonds. The van der Waals surface area contributed by atoms with Crippen LogP contribution in [0.15, 0.2) is 27.6 Å². The topological polar surface area (TPSA) is 94.9 Å². The molecule has 1 heterocycles. The zero-order chi connectivity index (χ0) is 15.1. The van der Waals surface area contributed by atoms with Crippen molar-refractivity contribution in [2.24, 2.45) is 0 Å². The molecule has 110 valence electrons. The van der Waals surface area contributed by atoms with E-state index in [1.165, 1.54) is 18.2 Å². The lowest BCUT2D eigenvalue weighted by Gasteiger charge is -2.21. The van der Waals surface area contributed by atoms with Crippen LogP contribution in [0.5, 0.6) is 0 Å². The molecule has 0 saturated carbocycles. The second kappa shape index (κ2) is 5.61. The van der Waals surface area contributed by atoms with Gasteiger partial charge in [-0.15, -0.1) is 0 Å². The van der Waals surface area contributed by atoms with Crippen molar-refractivity contribution < 1.29 is 23.4 Å². The second-order valence-corrected chi connectivity index (χ2v) is 7.57. The molecule has 0 aromatic heterocycles. The van der Waals surface area contributed by atoms with Gasteiger partial charge in [0, 0.05) is 17.4 Å². The smallest absolute Gasteiger partial charge is 0.322 e. The summed E-state index contributed by atoms with van der Waals surface area (Å²) in [6.07, 6.45) is -1.14. The van der Waals surface area contributed by atoms with Crippen LogP contribution in [-0.2, 0) is 14.8 Å². The van der Waals surface area contributed by atoms with Crippen molar-refractivity contribution in [3.63, 3.8) is 0 Å². The van der Waals surface area contributed by atoms with Crippen molar-refractivity contribution >= 4 is 43.5 Å². The average molecular weight is 385 g/mol. The van der Waals surface area contributed by atoms with Gasteiger partial charge in [0.1, 0.15) is 10.9 Å². The monoisotopic (exact) mass is 383 g/mol. The third kappa shape index (κ3) is 2.84. The first-order valence-electron chi connectivity index (χ1n) is 5.61. The summed E-state index contributed by atoms with van der Waals surface area (Å²) in [5.74, 6) is -1.29. The van der Waals surface area contributed by atoms with Crippen LogP contribution < -0.4 is 0 Å². The summed E-state index contributed by atoms with van der Waals surface area (Å²) < 4.78 is 26.3. The highest BCUT2D eigenvalue weighted by molar-refractivity contribution is 9.10. The lowest BCUT2D eigenvalue weighted by Crippen LogP contribution is -2.40. The van der Waals surface area contributed by atoms with Crippen LogP contribution in [0.3, 0.4) is 0 Å². The molecule has 2 atom stereocenters. The van der Waals surface area contributed by atoms with Crippen molar-refractivity contribution in [2.45, 2.75) is 23.5 Å². The van der Waals surface area contributed by atoms with Gasteiger partial charge in [0.25, 0.3) is 0 Å². The van der Waals surface area contributed by atoms with E-state index in [-0.39, 0.29) is 22.9 Å². The number of halogens is 2. The Balaban J connectivity index is 2.46. The molecule has 1 aliphatic heterocycles. The van der Waals surface area contributed by atoms with Crippen LogP contribution in [-0.4, -0.2) is 47.6 Å². The summed E-state index contributed by atoms with van der Waals surface area (Å²) in [5, 5.41) is 18.6. The zero-order valence-electron chi connectivity index (χ0n) is 10.0. The van der Waals surface area contributed by atoms with Gasteiger partial charge in [0.05, 0.1) is 11.1 Å². The normalized spacial score (nSPS) is 23.9. The number of hydrogen-bond donors (Lipinski definition) is 2. The fourth-order valence-corrected chi connectivity index (χ4v) is 4.73. The molecule has 1 aromatic rings. The van der Waals surface area contributed by atoms with Crippen molar-refractivity contribution in [1.29, 1.82) is 0 Å². The predicted octanol–water partition coefficient (Wildman–Crippen LogP) is 1.31. The number of β-amino-alcohol motifs (C(OH)–C–C–N with tert-alkyl or cyclic N) is 1.